The van der Waals surface area contributed by atoms with E-state index in [9.17, 15) is 4.79 Å². The van der Waals surface area contributed by atoms with Crippen LogP contribution >= 0.6 is 0 Å². The van der Waals surface area contributed by atoms with Gasteiger partial charge in [0.2, 0.25) is 17.8 Å². The average molecular weight is 293 g/mol. The molecule has 8 nitrogen and oxygen atoms in total. The van der Waals surface area contributed by atoms with E-state index in [2.05, 4.69) is 31.7 Å². The highest BCUT2D eigenvalue weighted by atomic mass is 16.1. The van der Waals surface area contributed by atoms with Crippen molar-refractivity contribution in [2.45, 2.75) is 13.8 Å². The van der Waals surface area contributed by atoms with Crippen molar-refractivity contribution >= 4 is 17.8 Å². The van der Waals surface area contributed by atoms with Gasteiger partial charge in [-0.3, -0.25) is 4.79 Å². The first-order valence-corrected chi connectivity index (χ1v) is 7.19. The highest BCUT2D eigenvalue weighted by molar-refractivity contribution is 5.78. The number of nitrogens with zero attached hydrogens (tertiary/aromatic N) is 6. The first kappa shape index (κ1) is 15.4. The average Bonchev–Trinajstić information content (AvgIpc) is 2.46. The molecule has 8 heteroatoms. The molecule has 1 amide bonds. The molecule has 0 unspecified atom stereocenters. The number of hydrogen-bond acceptors (Lipinski definition) is 7. The molecule has 2 N–H and O–H groups in total. The second-order valence-electron chi connectivity index (χ2n) is 5.23. The fourth-order valence-electron chi connectivity index (χ4n) is 2.33. The molecule has 1 aliphatic rings. The molecule has 1 aromatic heterocycles. The number of anilines is 2. The van der Waals surface area contributed by atoms with Crippen molar-refractivity contribution < 1.29 is 4.79 Å². The summed E-state index contributed by atoms with van der Waals surface area (Å²) in [5.41, 5.74) is 5.21. The molecule has 0 saturated carbocycles. The molecular weight excluding hydrogens is 270 g/mol. The van der Waals surface area contributed by atoms with Gasteiger partial charge in [-0.2, -0.15) is 15.0 Å². The Bertz CT molecular complexity index is 499. The molecule has 0 atom stereocenters. The van der Waals surface area contributed by atoms with E-state index < -0.39 is 5.91 Å². The topological polar surface area (TPSA) is 91.5 Å². The number of nitrogens with two attached hydrogens (primary N) is 1. The van der Waals surface area contributed by atoms with E-state index in [1.807, 2.05) is 6.92 Å². The Kier molecular flexibility index (Phi) is 4.89. The minimum atomic E-state index is -0.409. The monoisotopic (exact) mass is 293 g/mol. The van der Waals surface area contributed by atoms with Gasteiger partial charge in [0, 0.05) is 33.2 Å². The quantitative estimate of drug-likeness (QED) is 0.763. The van der Waals surface area contributed by atoms with E-state index in [1.54, 1.807) is 11.9 Å². The smallest absolute Gasteiger partial charge is 0.237 e. The normalized spacial score (nSPS) is 16.0. The van der Waals surface area contributed by atoms with E-state index in [4.69, 9.17) is 5.73 Å². The van der Waals surface area contributed by atoms with Gasteiger partial charge in [0.05, 0.1) is 6.54 Å². The molecule has 0 aromatic carbocycles. The minimum Gasteiger partial charge on any atom is -0.368 e. The molecule has 116 valence electrons. The fourth-order valence-corrected chi connectivity index (χ4v) is 2.33. The number of aromatic nitrogens is 3. The maximum absolute atomic E-state index is 11.0. The molecule has 0 aliphatic carbocycles. The maximum Gasteiger partial charge on any atom is 0.237 e. The van der Waals surface area contributed by atoms with Crippen molar-refractivity contribution in [3.8, 4) is 0 Å². The van der Waals surface area contributed by atoms with Crippen LogP contribution in [0.2, 0.25) is 0 Å². The van der Waals surface area contributed by atoms with Crippen LogP contribution in [0.5, 0.6) is 0 Å². The predicted octanol–water partition coefficient (Wildman–Crippen LogP) is -0.757. The Labute approximate surface area is 125 Å². The number of piperazine rings is 1. The third kappa shape index (κ3) is 4.01. The van der Waals surface area contributed by atoms with Gasteiger partial charge in [0.25, 0.3) is 0 Å². The van der Waals surface area contributed by atoms with Gasteiger partial charge in [-0.1, -0.05) is 6.92 Å². The first-order chi connectivity index (χ1) is 9.99. The summed E-state index contributed by atoms with van der Waals surface area (Å²) in [6.07, 6.45) is 0. The number of amides is 1. The molecule has 2 rings (SSSR count). The lowest BCUT2D eigenvalue weighted by Gasteiger charge is -2.34. The lowest BCUT2D eigenvalue weighted by atomic mass is 10.3. The lowest BCUT2D eigenvalue weighted by Crippen LogP contribution is -2.47. The second-order valence-corrected chi connectivity index (χ2v) is 5.23. The summed E-state index contributed by atoms with van der Waals surface area (Å²) < 4.78 is 0. The third-order valence-corrected chi connectivity index (χ3v) is 3.56. The molecule has 0 bridgehead atoms. The van der Waals surface area contributed by atoms with E-state index >= 15 is 0 Å². The Morgan fingerprint density at radius 3 is 2.48 bits per heavy atom. The van der Waals surface area contributed by atoms with Crippen LogP contribution in [0.1, 0.15) is 12.7 Å². The number of likely N-dealkylation sites (N-methyl/N-ethyl adjacent to an activating group) is 2. The number of carbonyl (C=O) groups is 1. The first-order valence-electron chi connectivity index (χ1n) is 7.19. The Hall–Kier alpha value is -1.96. The van der Waals surface area contributed by atoms with Crippen LogP contribution in [-0.2, 0) is 4.79 Å². The summed E-state index contributed by atoms with van der Waals surface area (Å²) in [5, 5.41) is 0. The molecule has 21 heavy (non-hydrogen) atoms. The van der Waals surface area contributed by atoms with Gasteiger partial charge >= 0.3 is 0 Å². The lowest BCUT2D eigenvalue weighted by molar-refractivity contribution is -0.116. The molecule has 0 spiro atoms. The Balaban J connectivity index is 2.13. The van der Waals surface area contributed by atoms with E-state index in [-0.39, 0.29) is 6.54 Å². The van der Waals surface area contributed by atoms with Crippen molar-refractivity contribution in [2.24, 2.45) is 5.73 Å². The fraction of sp³-hybridized carbons (Fsp3) is 0.692. The maximum atomic E-state index is 11.0. The number of hydrogen-bond donors (Lipinski definition) is 1. The van der Waals surface area contributed by atoms with Crippen LogP contribution in [0, 0.1) is 6.92 Å². The Morgan fingerprint density at radius 2 is 1.90 bits per heavy atom. The summed E-state index contributed by atoms with van der Waals surface area (Å²) >= 11 is 0. The van der Waals surface area contributed by atoms with Gasteiger partial charge in [-0.15, -0.1) is 0 Å². The summed E-state index contributed by atoms with van der Waals surface area (Å²) in [5.74, 6) is 1.39. The number of aryl methyl sites for hydroxylation is 1. The van der Waals surface area contributed by atoms with Crippen LogP contribution in [0.4, 0.5) is 11.9 Å². The third-order valence-electron chi connectivity index (χ3n) is 3.56. The van der Waals surface area contributed by atoms with Crippen LogP contribution in [-0.4, -0.2) is 72.1 Å². The molecule has 1 saturated heterocycles. The van der Waals surface area contributed by atoms with Crippen LogP contribution in [0.3, 0.4) is 0 Å². The largest absolute Gasteiger partial charge is 0.368 e. The van der Waals surface area contributed by atoms with Crippen molar-refractivity contribution in [2.75, 3.05) is 56.1 Å². The predicted molar refractivity (Wildman–Crippen MR) is 81.4 cm³/mol. The highest BCUT2D eigenvalue weighted by Gasteiger charge is 2.20. The molecule has 1 fully saturated rings. The highest BCUT2D eigenvalue weighted by Crippen LogP contribution is 2.15. The van der Waals surface area contributed by atoms with Gasteiger partial charge in [0.15, 0.2) is 0 Å². The second kappa shape index (κ2) is 6.66. The van der Waals surface area contributed by atoms with Crippen LogP contribution < -0.4 is 15.5 Å². The summed E-state index contributed by atoms with van der Waals surface area (Å²) in [6.45, 7) is 8.96. The summed E-state index contributed by atoms with van der Waals surface area (Å²) in [7, 11) is 1.75. The zero-order chi connectivity index (χ0) is 15.4. The van der Waals surface area contributed by atoms with Gasteiger partial charge in [-0.25, -0.2) is 0 Å². The van der Waals surface area contributed by atoms with E-state index in [1.165, 1.54) is 0 Å². The molecule has 1 aromatic rings. The summed E-state index contributed by atoms with van der Waals surface area (Å²) in [6, 6.07) is 0. The molecule has 1 aliphatic heterocycles. The van der Waals surface area contributed by atoms with Crippen LogP contribution in [0.15, 0.2) is 0 Å². The SMILES string of the molecule is CCN1CCN(c2nc(C)nc(N(C)CC(N)=O)n2)CC1. The number of primary amides is 1. The minimum absolute atomic E-state index is 0.0898. The van der Waals surface area contributed by atoms with Gasteiger partial charge < -0.3 is 20.4 Å². The van der Waals surface area contributed by atoms with Crippen molar-refractivity contribution in [3.05, 3.63) is 5.82 Å². The van der Waals surface area contributed by atoms with Crippen LogP contribution in [0.25, 0.3) is 0 Å². The summed E-state index contributed by atoms with van der Waals surface area (Å²) in [4.78, 5) is 30.4. The standard InChI is InChI=1S/C13H23N7O/c1-4-19-5-7-20(8-6-19)13-16-10(2)15-12(17-13)18(3)9-11(14)21/h4-9H2,1-3H3,(H2,14,21). The molecule has 2 heterocycles. The van der Waals surface area contributed by atoms with E-state index in [0.717, 1.165) is 32.7 Å². The van der Waals surface area contributed by atoms with Crippen molar-refractivity contribution in [1.82, 2.24) is 19.9 Å². The zero-order valence-corrected chi connectivity index (χ0v) is 12.9. The Morgan fingerprint density at radius 1 is 1.24 bits per heavy atom. The molecule has 0 radical (unpaired) electrons. The van der Waals surface area contributed by atoms with E-state index in [0.29, 0.717) is 17.7 Å². The van der Waals surface area contributed by atoms with Gasteiger partial charge in [0.1, 0.15) is 5.82 Å². The number of carbonyl (C=O) groups excluding carboxylic acids is 1. The van der Waals surface area contributed by atoms with Gasteiger partial charge in [-0.05, 0) is 13.5 Å². The molecular formula is C13H23N7O. The van der Waals surface area contributed by atoms with Crippen molar-refractivity contribution in [3.63, 3.8) is 0 Å². The van der Waals surface area contributed by atoms with Crippen molar-refractivity contribution in [1.29, 1.82) is 0 Å². The zero-order valence-electron chi connectivity index (χ0n) is 12.9. The number of rotatable bonds is 5.